The van der Waals surface area contributed by atoms with Crippen LogP contribution in [-0.2, 0) is 16.1 Å². The summed E-state index contributed by atoms with van der Waals surface area (Å²) in [5.74, 6) is -0.518. The standard InChI is InChI=1S/C21H20N4O2S/c1-14-5-7-15(8-6-14)11-25-12-16(10-19(25)26)20(27)24-21-23-18(13-28-21)17-4-2-3-9-22-17/h2-9,13,16H,10-12H2,1H3,(H,23,24,27). The fourth-order valence-electron chi connectivity index (χ4n) is 3.19. The quantitative estimate of drug-likeness (QED) is 0.721. The second-order valence-electron chi connectivity index (χ2n) is 6.90. The number of carbonyl (C=O) groups excluding carboxylic acids is 2. The smallest absolute Gasteiger partial charge is 0.231 e. The van der Waals surface area contributed by atoms with Gasteiger partial charge in [0.1, 0.15) is 5.69 Å². The number of aromatic nitrogens is 2. The molecule has 1 atom stereocenters. The minimum Gasteiger partial charge on any atom is -0.338 e. The molecule has 6 nitrogen and oxygen atoms in total. The molecule has 1 unspecified atom stereocenters. The van der Waals surface area contributed by atoms with Crippen LogP contribution >= 0.6 is 11.3 Å². The first-order valence-corrected chi connectivity index (χ1v) is 9.97. The van der Waals surface area contributed by atoms with E-state index in [2.05, 4.69) is 15.3 Å². The molecule has 1 saturated heterocycles. The van der Waals surface area contributed by atoms with Crippen molar-refractivity contribution >= 4 is 28.3 Å². The maximum absolute atomic E-state index is 12.6. The zero-order valence-corrected chi connectivity index (χ0v) is 16.3. The van der Waals surface area contributed by atoms with E-state index in [0.29, 0.717) is 18.2 Å². The molecular weight excluding hydrogens is 372 g/mol. The van der Waals surface area contributed by atoms with Crippen molar-refractivity contribution in [2.24, 2.45) is 5.92 Å². The predicted molar refractivity (Wildman–Crippen MR) is 109 cm³/mol. The van der Waals surface area contributed by atoms with E-state index in [1.165, 1.54) is 16.9 Å². The number of amides is 2. The number of nitrogens with one attached hydrogen (secondary N) is 1. The van der Waals surface area contributed by atoms with Crippen molar-refractivity contribution in [2.75, 3.05) is 11.9 Å². The Bertz CT molecular complexity index is 985. The Labute approximate surface area is 167 Å². The lowest BCUT2D eigenvalue weighted by Gasteiger charge is -2.16. The SMILES string of the molecule is Cc1ccc(CN2CC(C(=O)Nc3nc(-c4ccccn4)cs3)CC2=O)cc1. The van der Waals surface area contributed by atoms with Gasteiger partial charge in [0.15, 0.2) is 5.13 Å². The van der Waals surface area contributed by atoms with Gasteiger partial charge < -0.3 is 10.2 Å². The molecule has 1 aliphatic rings. The molecule has 1 aliphatic heterocycles. The first-order valence-electron chi connectivity index (χ1n) is 9.09. The highest BCUT2D eigenvalue weighted by Crippen LogP contribution is 2.26. The number of thiazole rings is 1. The molecule has 0 spiro atoms. The molecule has 1 aromatic carbocycles. The third-order valence-electron chi connectivity index (χ3n) is 4.74. The summed E-state index contributed by atoms with van der Waals surface area (Å²) in [6.45, 7) is 2.99. The topological polar surface area (TPSA) is 75.2 Å². The fourth-order valence-corrected chi connectivity index (χ4v) is 3.89. The van der Waals surface area contributed by atoms with Gasteiger partial charge in [-0.1, -0.05) is 35.9 Å². The number of benzene rings is 1. The normalized spacial score (nSPS) is 16.4. The summed E-state index contributed by atoms with van der Waals surface area (Å²) < 4.78 is 0. The molecule has 28 heavy (non-hydrogen) atoms. The van der Waals surface area contributed by atoms with E-state index in [1.54, 1.807) is 11.1 Å². The lowest BCUT2D eigenvalue weighted by Crippen LogP contribution is -2.28. The van der Waals surface area contributed by atoms with Gasteiger partial charge >= 0.3 is 0 Å². The van der Waals surface area contributed by atoms with Gasteiger partial charge in [0.05, 0.1) is 11.6 Å². The molecule has 142 valence electrons. The van der Waals surface area contributed by atoms with Crippen LogP contribution in [0.1, 0.15) is 17.5 Å². The molecule has 0 radical (unpaired) electrons. The van der Waals surface area contributed by atoms with E-state index >= 15 is 0 Å². The van der Waals surface area contributed by atoms with E-state index in [4.69, 9.17) is 0 Å². The van der Waals surface area contributed by atoms with Crippen molar-refractivity contribution in [1.82, 2.24) is 14.9 Å². The van der Waals surface area contributed by atoms with Crippen molar-refractivity contribution < 1.29 is 9.59 Å². The number of nitrogens with zero attached hydrogens (tertiary/aromatic N) is 3. The Morgan fingerprint density at radius 1 is 1.21 bits per heavy atom. The summed E-state index contributed by atoms with van der Waals surface area (Å²) in [6.07, 6.45) is 1.94. The van der Waals surface area contributed by atoms with E-state index < -0.39 is 0 Å². The Hall–Kier alpha value is -3.06. The van der Waals surface area contributed by atoms with Crippen LogP contribution in [0.2, 0.25) is 0 Å². The molecule has 1 fully saturated rings. The zero-order chi connectivity index (χ0) is 19.5. The van der Waals surface area contributed by atoms with Crippen LogP contribution in [0.4, 0.5) is 5.13 Å². The maximum atomic E-state index is 12.6. The van der Waals surface area contributed by atoms with Gasteiger partial charge in [-0.05, 0) is 24.6 Å². The molecule has 2 amide bonds. The minimum absolute atomic E-state index is 0.00837. The van der Waals surface area contributed by atoms with Crippen LogP contribution in [0.3, 0.4) is 0 Å². The molecule has 0 saturated carbocycles. The highest BCUT2D eigenvalue weighted by molar-refractivity contribution is 7.14. The second kappa shape index (κ2) is 7.90. The van der Waals surface area contributed by atoms with Gasteiger partial charge in [-0.15, -0.1) is 11.3 Å². The third kappa shape index (κ3) is 4.09. The molecule has 0 bridgehead atoms. The molecule has 4 rings (SSSR count). The first-order chi connectivity index (χ1) is 13.6. The van der Waals surface area contributed by atoms with Crippen LogP contribution in [0.15, 0.2) is 54.0 Å². The lowest BCUT2D eigenvalue weighted by atomic mass is 10.1. The largest absolute Gasteiger partial charge is 0.338 e. The average molecular weight is 392 g/mol. The highest BCUT2D eigenvalue weighted by Gasteiger charge is 2.34. The van der Waals surface area contributed by atoms with E-state index in [-0.39, 0.29) is 24.2 Å². The summed E-state index contributed by atoms with van der Waals surface area (Å²) in [6, 6.07) is 13.7. The minimum atomic E-state index is -0.361. The van der Waals surface area contributed by atoms with Crippen molar-refractivity contribution in [3.8, 4) is 11.4 Å². The second-order valence-corrected chi connectivity index (χ2v) is 7.76. The van der Waals surface area contributed by atoms with Crippen LogP contribution in [0, 0.1) is 12.8 Å². The van der Waals surface area contributed by atoms with Gasteiger partial charge in [0, 0.05) is 31.1 Å². The summed E-state index contributed by atoms with van der Waals surface area (Å²) in [4.78, 5) is 35.4. The lowest BCUT2D eigenvalue weighted by molar-refractivity contribution is -0.128. The fraction of sp³-hybridized carbons (Fsp3) is 0.238. The maximum Gasteiger partial charge on any atom is 0.231 e. The van der Waals surface area contributed by atoms with Gasteiger partial charge in [-0.25, -0.2) is 4.98 Å². The summed E-state index contributed by atoms with van der Waals surface area (Å²) in [7, 11) is 0. The molecule has 2 aromatic heterocycles. The van der Waals surface area contributed by atoms with Gasteiger partial charge in [0.2, 0.25) is 11.8 Å². The van der Waals surface area contributed by atoms with Crippen LogP contribution < -0.4 is 5.32 Å². The molecule has 3 heterocycles. The number of hydrogen-bond acceptors (Lipinski definition) is 5. The molecule has 0 aliphatic carbocycles. The Morgan fingerprint density at radius 2 is 2.04 bits per heavy atom. The Balaban J connectivity index is 1.37. The van der Waals surface area contributed by atoms with Crippen molar-refractivity contribution in [2.45, 2.75) is 19.9 Å². The van der Waals surface area contributed by atoms with Crippen molar-refractivity contribution in [3.05, 3.63) is 65.2 Å². The van der Waals surface area contributed by atoms with Crippen molar-refractivity contribution in [3.63, 3.8) is 0 Å². The summed E-state index contributed by atoms with van der Waals surface area (Å²) >= 11 is 1.36. The number of rotatable bonds is 5. The van der Waals surface area contributed by atoms with Crippen LogP contribution in [0.5, 0.6) is 0 Å². The van der Waals surface area contributed by atoms with Crippen molar-refractivity contribution in [1.29, 1.82) is 0 Å². The number of aryl methyl sites for hydroxylation is 1. The average Bonchev–Trinajstić information content (AvgIpc) is 3.31. The van der Waals surface area contributed by atoms with Gasteiger partial charge in [-0.2, -0.15) is 0 Å². The number of pyridine rings is 1. The van der Waals surface area contributed by atoms with Gasteiger partial charge in [0.25, 0.3) is 0 Å². The molecule has 7 heteroatoms. The van der Waals surface area contributed by atoms with Gasteiger partial charge in [-0.3, -0.25) is 14.6 Å². The number of anilines is 1. The number of likely N-dealkylation sites (tertiary alicyclic amines) is 1. The van der Waals surface area contributed by atoms with E-state index in [1.807, 2.05) is 54.8 Å². The zero-order valence-electron chi connectivity index (χ0n) is 15.5. The Morgan fingerprint density at radius 3 is 2.79 bits per heavy atom. The molecule has 1 N–H and O–H groups in total. The summed E-state index contributed by atoms with van der Waals surface area (Å²) in [5.41, 5.74) is 3.74. The Kier molecular flexibility index (Phi) is 5.16. The first kappa shape index (κ1) is 18.3. The van der Waals surface area contributed by atoms with E-state index in [0.717, 1.165) is 17.0 Å². The predicted octanol–water partition coefficient (Wildman–Crippen LogP) is 3.50. The van der Waals surface area contributed by atoms with Crippen LogP contribution in [0.25, 0.3) is 11.4 Å². The molecular formula is C21H20N4O2S. The molecule has 3 aromatic rings. The number of hydrogen-bond donors (Lipinski definition) is 1. The highest BCUT2D eigenvalue weighted by atomic mass is 32.1. The monoisotopic (exact) mass is 392 g/mol. The summed E-state index contributed by atoms with van der Waals surface area (Å²) in [5, 5.41) is 5.23. The third-order valence-corrected chi connectivity index (χ3v) is 5.50. The van der Waals surface area contributed by atoms with Crippen LogP contribution in [-0.4, -0.2) is 33.2 Å². The van der Waals surface area contributed by atoms with E-state index in [9.17, 15) is 9.59 Å². The number of carbonyl (C=O) groups is 2.